The van der Waals surface area contributed by atoms with Crippen molar-refractivity contribution in [3.63, 3.8) is 0 Å². The molecule has 0 radical (unpaired) electrons. The summed E-state index contributed by atoms with van der Waals surface area (Å²) in [5.74, 6) is -0.281. The summed E-state index contributed by atoms with van der Waals surface area (Å²) in [6.45, 7) is 5.56. The maximum Gasteiger partial charge on any atom is 0.362 e. The van der Waals surface area contributed by atoms with E-state index in [9.17, 15) is 9.59 Å². The third kappa shape index (κ3) is 7.09. The van der Waals surface area contributed by atoms with Gasteiger partial charge in [0.25, 0.3) is 0 Å². The van der Waals surface area contributed by atoms with Crippen molar-refractivity contribution in [3.8, 4) is 0 Å². The third-order valence-corrected chi connectivity index (χ3v) is 6.85. The van der Waals surface area contributed by atoms with E-state index in [-0.39, 0.29) is 45.8 Å². The highest BCUT2D eigenvalue weighted by Gasteiger charge is 2.43. The summed E-state index contributed by atoms with van der Waals surface area (Å²) in [7, 11) is 0. The lowest BCUT2D eigenvalue weighted by atomic mass is 9.87. The van der Waals surface area contributed by atoms with Crippen molar-refractivity contribution in [2.75, 3.05) is 39.3 Å². The standard InChI is InChI=1S/C29H34N3O3.BrH/c1-2-35-29(34)23-32(19-17-31(18-20-32)22-26-15-9-10-16-30-26)28(33)21-27(24-11-5-3-6-12-24)25-13-7-4-8-14-25;/h3-16,27H,2,17-23H2,1H3;1H/q+1;/p-1. The number of benzene rings is 2. The molecule has 7 heteroatoms. The topological polar surface area (TPSA) is 59.5 Å². The van der Waals surface area contributed by atoms with E-state index in [2.05, 4.69) is 34.1 Å². The Morgan fingerprint density at radius 1 is 0.917 bits per heavy atom. The van der Waals surface area contributed by atoms with E-state index in [0.717, 1.165) is 36.5 Å². The lowest BCUT2D eigenvalue weighted by molar-refractivity contribution is -0.852. The summed E-state index contributed by atoms with van der Waals surface area (Å²) in [5, 5.41) is 0. The van der Waals surface area contributed by atoms with Crippen molar-refractivity contribution in [3.05, 3.63) is 102 Å². The number of esters is 1. The first-order valence-corrected chi connectivity index (χ1v) is 12.4. The minimum absolute atomic E-state index is 0. The highest BCUT2D eigenvalue weighted by molar-refractivity contribution is 5.77. The normalized spacial score (nSPS) is 15.2. The van der Waals surface area contributed by atoms with Gasteiger partial charge in [0.2, 0.25) is 0 Å². The summed E-state index contributed by atoms with van der Waals surface area (Å²) < 4.78 is 5.42. The first kappa shape index (κ1) is 27.7. The van der Waals surface area contributed by atoms with Crippen molar-refractivity contribution < 1.29 is 35.8 Å². The molecule has 0 aliphatic carbocycles. The van der Waals surface area contributed by atoms with Crippen LogP contribution in [-0.2, 0) is 20.9 Å². The highest BCUT2D eigenvalue weighted by atomic mass is 79.9. The fraction of sp³-hybridized carbons (Fsp3) is 0.345. The number of hydrogen-bond donors (Lipinski definition) is 0. The van der Waals surface area contributed by atoms with Gasteiger partial charge in [0.05, 0.1) is 31.8 Å². The summed E-state index contributed by atoms with van der Waals surface area (Å²) >= 11 is 0. The molecule has 0 bridgehead atoms. The van der Waals surface area contributed by atoms with Gasteiger partial charge in [-0.2, -0.15) is 0 Å². The number of carbonyl (C=O) groups excluding carboxylic acids is 2. The number of aromatic nitrogens is 1. The number of amides is 1. The SMILES string of the molecule is CCOC(=O)C[N+]1(C(=O)CC(c2ccccc2)c2ccccc2)CCN(Cc2ccccn2)CC1.[Br-]. The van der Waals surface area contributed by atoms with E-state index < -0.39 is 0 Å². The van der Waals surface area contributed by atoms with Gasteiger partial charge < -0.3 is 21.7 Å². The number of carbonyl (C=O) groups is 2. The molecule has 6 nitrogen and oxygen atoms in total. The van der Waals surface area contributed by atoms with E-state index in [1.807, 2.05) is 54.6 Å². The quantitative estimate of drug-likeness (QED) is 0.293. The molecule has 2 heterocycles. The van der Waals surface area contributed by atoms with Crippen LogP contribution in [0.1, 0.15) is 36.1 Å². The van der Waals surface area contributed by atoms with Crippen molar-refractivity contribution in [2.24, 2.45) is 0 Å². The van der Waals surface area contributed by atoms with Crippen LogP contribution in [0.2, 0.25) is 0 Å². The van der Waals surface area contributed by atoms with E-state index in [1.165, 1.54) is 0 Å². The Morgan fingerprint density at radius 3 is 2.03 bits per heavy atom. The molecule has 0 spiro atoms. The van der Waals surface area contributed by atoms with Gasteiger partial charge in [0, 0.05) is 31.7 Å². The zero-order valence-corrected chi connectivity index (χ0v) is 22.3. The molecule has 36 heavy (non-hydrogen) atoms. The van der Waals surface area contributed by atoms with Gasteiger partial charge in [0.1, 0.15) is 0 Å². The number of nitrogens with zero attached hydrogens (tertiary/aromatic N) is 3. The smallest absolute Gasteiger partial charge is 0.362 e. The molecule has 1 saturated heterocycles. The Kier molecular flexibility index (Phi) is 10.3. The predicted octanol–water partition coefficient (Wildman–Crippen LogP) is 1.03. The van der Waals surface area contributed by atoms with Gasteiger partial charge in [-0.15, -0.1) is 0 Å². The number of halogens is 1. The molecule has 1 aromatic heterocycles. The Labute approximate surface area is 224 Å². The van der Waals surface area contributed by atoms with E-state index >= 15 is 0 Å². The van der Waals surface area contributed by atoms with Gasteiger partial charge in [-0.1, -0.05) is 66.7 Å². The summed E-state index contributed by atoms with van der Waals surface area (Å²) in [6, 6.07) is 26.2. The Bertz CT molecular complexity index is 1050. The molecule has 1 fully saturated rings. The number of piperazine rings is 1. The average molecular weight is 553 g/mol. The maximum atomic E-state index is 14.0. The average Bonchev–Trinajstić information content (AvgIpc) is 2.90. The summed E-state index contributed by atoms with van der Waals surface area (Å²) in [5.41, 5.74) is 3.22. The molecule has 1 aliphatic heterocycles. The largest absolute Gasteiger partial charge is 1.00 e. The van der Waals surface area contributed by atoms with Gasteiger partial charge in [-0.05, 0) is 30.2 Å². The van der Waals surface area contributed by atoms with Crippen LogP contribution in [0.25, 0.3) is 0 Å². The predicted molar refractivity (Wildman–Crippen MR) is 135 cm³/mol. The molecular weight excluding hydrogens is 518 g/mol. The number of hydrogen-bond acceptors (Lipinski definition) is 5. The zero-order valence-electron chi connectivity index (χ0n) is 20.8. The molecule has 3 aromatic rings. The van der Waals surface area contributed by atoms with Gasteiger partial charge in [-0.25, -0.2) is 14.1 Å². The monoisotopic (exact) mass is 551 g/mol. The molecule has 0 unspecified atom stereocenters. The second-order valence-corrected chi connectivity index (χ2v) is 9.12. The van der Waals surface area contributed by atoms with Gasteiger partial charge in [0.15, 0.2) is 6.54 Å². The lowest BCUT2D eigenvalue weighted by Crippen LogP contribution is -3.00. The number of pyridine rings is 1. The number of quaternary nitrogens is 1. The molecule has 4 rings (SSSR count). The summed E-state index contributed by atoms with van der Waals surface area (Å²) in [6.07, 6.45) is 2.14. The van der Waals surface area contributed by atoms with Crippen molar-refractivity contribution in [1.29, 1.82) is 0 Å². The van der Waals surface area contributed by atoms with Crippen molar-refractivity contribution in [2.45, 2.75) is 25.8 Å². The number of rotatable bonds is 9. The Balaban J connectivity index is 0.00000361. The van der Waals surface area contributed by atoms with Crippen molar-refractivity contribution >= 4 is 11.9 Å². The molecule has 1 amide bonds. The van der Waals surface area contributed by atoms with Crippen LogP contribution in [0.15, 0.2) is 85.1 Å². The molecule has 2 aromatic carbocycles. The zero-order chi connectivity index (χ0) is 24.5. The van der Waals surface area contributed by atoms with Crippen LogP contribution >= 0.6 is 0 Å². The second-order valence-electron chi connectivity index (χ2n) is 9.12. The molecule has 0 saturated carbocycles. The lowest BCUT2D eigenvalue weighted by Gasteiger charge is -2.42. The first-order valence-electron chi connectivity index (χ1n) is 12.4. The minimum Gasteiger partial charge on any atom is -1.00 e. The minimum atomic E-state index is -0.310. The fourth-order valence-corrected chi connectivity index (χ4v) is 4.88. The third-order valence-electron chi connectivity index (χ3n) is 6.85. The van der Waals surface area contributed by atoms with Crippen LogP contribution in [0, 0.1) is 0 Å². The van der Waals surface area contributed by atoms with Crippen LogP contribution in [0.5, 0.6) is 0 Å². The fourth-order valence-electron chi connectivity index (χ4n) is 4.88. The van der Waals surface area contributed by atoms with Crippen molar-refractivity contribution in [1.82, 2.24) is 9.88 Å². The first-order chi connectivity index (χ1) is 17.1. The maximum absolute atomic E-state index is 14.0. The second kappa shape index (κ2) is 13.4. The Hall–Kier alpha value is -2.87. The summed E-state index contributed by atoms with van der Waals surface area (Å²) in [4.78, 5) is 33.4. The van der Waals surface area contributed by atoms with E-state index in [1.54, 1.807) is 13.1 Å². The van der Waals surface area contributed by atoms with E-state index in [0.29, 0.717) is 26.1 Å². The highest BCUT2D eigenvalue weighted by Crippen LogP contribution is 2.31. The molecule has 1 aliphatic rings. The molecular formula is C29H34BrN3O3. The Morgan fingerprint density at radius 2 is 1.50 bits per heavy atom. The van der Waals surface area contributed by atoms with Crippen LogP contribution < -0.4 is 17.0 Å². The van der Waals surface area contributed by atoms with Crippen LogP contribution in [0.3, 0.4) is 0 Å². The molecule has 190 valence electrons. The van der Waals surface area contributed by atoms with Gasteiger partial charge >= 0.3 is 11.9 Å². The van der Waals surface area contributed by atoms with Gasteiger partial charge in [-0.3, -0.25) is 9.88 Å². The molecule has 0 N–H and O–H groups in total. The van der Waals surface area contributed by atoms with Crippen LogP contribution in [0.4, 0.5) is 0 Å². The van der Waals surface area contributed by atoms with E-state index in [4.69, 9.17) is 4.74 Å². The molecule has 0 atom stereocenters. The number of ether oxygens (including phenoxy) is 1. The van der Waals surface area contributed by atoms with Crippen LogP contribution in [-0.4, -0.2) is 65.6 Å².